The minimum atomic E-state index is -1.45. The van der Waals surface area contributed by atoms with Gasteiger partial charge < -0.3 is 26.4 Å². The summed E-state index contributed by atoms with van der Waals surface area (Å²) >= 11 is 0. The number of carboxylic acid groups (broad SMARTS) is 1. The number of carbonyl (C=O) groups is 2. The Balaban J connectivity index is 2.35. The molecule has 2 aromatic carbocycles. The number of hydrogen-bond acceptors (Lipinski definition) is 10. The van der Waals surface area contributed by atoms with Crippen LogP contribution in [0.1, 0.15) is 11.1 Å². The minimum absolute atomic E-state index is 0.00569. The van der Waals surface area contributed by atoms with Gasteiger partial charge in [-0.1, -0.05) is 12.1 Å². The van der Waals surface area contributed by atoms with Gasteiger partial charge in [-0.05, 0) is 36.1 Å². The van der Waals surface area contributed by atoms with Crippen LogP contribution in [-0.4, -0.2) is 44.1 Å². The summed E-state index contributed by atoms with van der Waals surface area (Å²) in [5, 5.41) is 41.0. The Kier molecular flexibility index (Phi) is 7.18. The Morgan fingerprint density at radius 3 is 1.87 bits per heavy atom. The number of aliphatic carboxylic acids is 1. The molecule has 164 valence electrons. The molecule has 0 radical (unpaired) electrons. The Morgan fingerprint density at radius 2 is 1.42 bits per heavy atom. The fraction of sp³-hybridized carbons (Fsp3) is 0.222. The van der Waals surface area contributed by atoms with E-state index in [4.69, 9.17) is 21.3 Å². The van der Waals surface area contributed by atoms with Crippen molar-refractivity contribution in [2.45, 2.75) is 24.9 Å². The number of hydrogen-bond donors (Lipinski definition) is 4. The SMILES string of the molecule is N[C@@H](Cc1cc([N+](=O)[O-])c(OC(=O)[C@@H](N)Cc2ccc(O)cc2)c([N+](=O)[O-])c1)C(=O)O. The van der Waals surface area contributed by atoms with Crippen molar-refractivity contribution in [3.8, 4) is 11.5 Å². The minimum Gasteiger partial charge on any atom is -0.508 e. The lowest BCUT2D eigenvalue weighted by molar-refractivity contribution is -0.395. The summed E-state index contributed by atoms with van der Waals surface area (Å²) in [5.41, 5.74) is 9.77. The van der Waals surface area contributed by atoms with Crippen LogP contribution in [0.4, 0.5) is 11.4 Å². The third kappa shape index (κ3) is 5.94. The van der Waals surface area contributed by atoms with Gasteiger partial charge >= 0.3 is 23.3 Å². The molecule has 0 spiro atoms. The summed E-state index contributed by atoms with van der Waals surface area (Å²) in [6, 6.07) is 4.65. The maximum atomic E-state index is 12.3. The number of carbonyl (C=O) groups excluding carboxylic acids is 1. The summed E-state index contributed by atoms with van der Waals surface area (Å²) in [5.74, 6) is -3.49. The number of nitro benzene ring substituents is 2. The van der Waals surface area contributed by atoms with E-state index in [0.717, 1.165) is 12.1 Å². The van der Waals surface area contributed by atoms with Crippen molar-refractivity contribution >= 4 is 23.3 Å². The standard InChI is InChI=1S/C18H18N4O9/c19-12(17(24)25)6-10-7-14(21(27)28)16(15(8-10)22(29)30)31-18(26)13(20)5-9-1-3-11(23)4-2-9/h1-4,7-8,12-13,23H,5-6,19-20H2,(H,24,25)/t12-,13-/m0/s1. The third-order valence-corrected chi connectivity index (χ3v) is 4.17. The highest BCUT2D eigenvalue weighted by molar-refractivity contribution is 5.81. The molecule has 0 amide bonds. The lowest BCUT2D eigenvalue weighted by Gasteiger charge is -2.13. The van der Waals surface area contributed by atoms with Crippen LogP contribution in [0.3, 0.4) is 0 Å². The summed E-state index contributed by atoms with van der Waals surface area (Å²) in [7, 11) is 0. The summed E-state index contributed by atoms with van der Waals surface area (Å²) < 4.78 is 4.92. The van der Waals surface area contributed by atoms with Gasteiger partial charge in [-0.15, -0.1) is 0 Å². The smallest absolute Gasteiger partial charge is 0.329 e. The van der Waals surface area contributed by atoms with Gasteiger partial charge in [-0.2, -0.15) is 0 Å². The Hall–Kier alpha value is -4.10. The fourth-order valence-electron chi connectivity index (χ4n) is 2.64. The van der Waals surface area contributed by atoms with E-state index in [-0.39, 0.29) is 17.7 Å². The highest BCUT2D eigenvalue weighted by Gasteiger charge is 2.32. The topological polar surface area (TPSA) is 222 Å². The number of nitro groups is 2. The summed E-state index contributed by atoms with van der Waals surface area (Å²) in [6.07, 6.45) is -0.488. The first-order valence-corrected chi connectivity index (χ1v) is 8.68. The van der Waals surface area contributed by atoms with Gasteiger partial charge in [0.2, 0.25) is 0 Å². The number of carboxylic acids is 1. The molecule has 2 rings (SSSR count). The van der Waals surface area contributed by atoms with Gasteiger partial charge in [0.25, 0.3) is 5.75 Å². The molecule has 0 saturated heterocycles. The maximum absolute atomic E-state index is 12.3. The highest BCUT2D eigenvalue weighted by atomic mass is 16.6. The molecule has 2 atom stereocenters. The molecule has 0 heterocycles. The van der Waals surface area contributed by atoms with Gasteiger partial charge in [0.05, 0.1) is 9.85 Å². The number of phenols is 1. The van der Waals surface area contributed by atoms with E-state index < -0.39 is 57.4 Å². The van der Waals surface area contributed by atoms with E-state index in [1.807, 2.05) is 0 Å². The number of esters is 1. The molecule has 0 saturated carbocycles. The molecule has 0 unspecified atom stereocenters. The van der Waals surface area contributed by atoms with E-state index in [1.54, 1.807) is 0 Å². The molecule has 2 aromatic rings. The van der Waals surface area contributed by atoms with Crippen LogP contribution in [0, 0.1) is 20.2 Å². The molecule has 0 aliphatic carbocycles. The van der Waals surface area contributed by atoms with Gasteiger partial charge in [-0.25, -0.2) is 4.79 Å². The zero-order chi connectivity index (χ0) is 23.3. The Bertz CT molecular complexity index is 988. The second-order valence-corrected chi connectivity index (χ2v) is 6.52. The number of phenolic OH excluding ortho intramolecular Hbond substituents is 1. The number of nitrogens with two attached hydrogens (primary N) is 2. The van der Waals surface area contributed by atoms with Crippen molar-refractivity contribution in [3.05, 3.63) is 67.8 Å². The van der Waals surface area contributed by atoms with Gasteiger partial charge in [0.15, 0.2) is 0 Å². The van der Waals surface area contributed by atoms with Crippen molar-refractivity contribution in [1.82, 2.24) is 0 Å². The van der Waals surface area contributed by atoms with Gasteiger partial charge in [0.1, 0.15) is 17.8 Å². The number of rotatable bonds is 9. The normalized spacial score (nSPS) is 12.6. The van der Waals surface area contributed by atoms with Crippen molar-refractivity contribution in [2.24, 2.45) is 11.5 Å². The molecule has 0 aliphatic rings. The van der Waals surface area contributed by atoms with Crippen molar-refractivity contribution < 1.29 is 34.4 Å². The van der Waals surface area contributed by atoms with E-state index in [0.29, 0.717) is 5.56 Å². The number of benzene rings is 2. The van der Waals surface area contributed by atoms with Crippen LogP contribution < -0.4 is 16.2 Å². The van der Waals surface area contributed by atoms with Crippen LogP contribution in [0.15, 0.2) is 36.4 Å². The Morgan fingerprint density at radius 1 is 0.935 bits per heavy atom. The monoisotopic (exact) mass is 434 g/mol. The second-order valence-electron chi connectivity index (χ2n) is 6.52. The average molecular weight is 434 g/mol. The van der Waals surface area contributed by atoms with Crippen molar-refractivity contribution in [1.29, 1.82) is 0 Å². The molecule has 13 nitrogen and oxygen atoms in total. The molecular weight excluding hydrogens is 416 g/mol. The molecule has 0 aliphatic heterocycles. The molecule has 0 aromatic heterocycles. The predicted molar refractivity (Wildman–Crippen MR) is 104 cm³/mol. The molecule has 13 heteroatoms. The molecule has 31 heavy (non-hydrogen) atoms. The van der Waals surface area contributed by atoms with Crippen LogP contribution in [0.2, 0.25) is 0 Å². The lowest BCUT2D eigenvalue weighted by atomic mass is 10.0. The Labute approximate surface area is 174 Å². The highest BCUT2D eigenvalue weighted by Crippen LogP contribution is 2.38. The summed E-state index contributed by atoms with van der Waals surface area (Å²) in [6.45, 7) is 0. The first kappa shape index (κ1) is 23.2. The van der Waals surface area contributed by atoms with Crippen molar-refractivity contribution in [3.63, 3.8) is 0 Å². The number of nitrogens with zero attached hydrogens (tertiary/aromatic N) is 2. The molecule has 0 bridgehead atoms. The number of ether oxygens (including phenoxy) is 1. The van der Waals surface area contributed by atoms with E-state index in [9.17, 15) is 34.9 Å². The van der Waals surface area contributed by atoms with E-state index >= 15 is 0 Å². The molecule has 6 N–H and O–H groups in total. The first-order valence-electron chi connectivity index (χ1n) is 8.68. The lowest BCUT2D eigenvalue weighted by Crippen LogP contribution is -2.36. The zero-order valence-electron chi connectivity index (χ0n) is 15.8. The molecular formula is C18H18N4O9. The van der Waals surface area contributed by atoms with Crippen LogP contribution in [-0.2, 0) is 22.4 Å². The fourth-order valence-corrected chi connectivity index (χ4v) is 2.64. The van der Waals surface area contributed by atoms with Crippen LogP contribution in [0.25, 0.3) is 0 Å². The van der Waals surface area contributed by atoms with Crippen LogP contribution >= 0.6 is 0 Å². The predicted octanol–water partition coefficient (Wildman–Crippen LogP) is 0.638. The third-order valence-electron chi connectivity index (χ3n) is 4.17. The van der Waals surface area contributed by atoms with E-state index in [2.05, 4.69) is 0 Å². The first-order chi connectivity index (χ1) is 14.5. The second kappa shape index (κ2) is 9.60. The van der Waals surface area contributed by atoms with Crippen LogP contribution in [0.5, 0.6) is 11.5 Å². The average Bonchev–Trinajstić information content (AvgIpc) is 2.69. The quantitative estimate of drug-likeness (QED) is 0.185. The number of aromatic hydroxyl groups is 1. The van der Waals surface area contributed by atoms with E-state index in [1.165, 1.54) is 24.3 Å². The van der Waals surface area contributed by atoms with Gasteiger partial charge in [0, 0.05) is 12.1 Å². The molecule has 0 fully saturated rings. The van der Waals surface area contributed by atoms with Gasteiger partial charge in [-0.3, -0.25) is 25.0 Å². The maximum Gasteiger partial charge on any atom is 0.329 e. The zero-order valence-corrected chi connectivity index (χ0v) is 15.8. The van der Waals surface area contributed by atoms with Crippen molar-refractivity contribution in [2.75, 3.05) is 0 Å². The largest absolute Gasteiger partial charge is 0.508 e. The summed E-state index contributed by atoms with van der Waals surface area (Å²) in [4.78, 5) is 44.1.